The molecule has 0 saturated heterocycles. The molecule has 4 nitrogen and oxygen atoms in total. The number of ether oxygens (including phenoxy) is 1. The van der Waals surface area contributed by atoms with Crippen LogP contribution in [0.4, 0.5) is 0 Å². The van der Waals surface area contributed by atoms with Crippen LogP contribution in [0, 0.1) is 6.92 Å². The number of nitrogens with zero attached hydrogens (tertiary/aromatic N) is 1. The van der Waals surface area contributed by atoms with Gasteiger partial charge in [0, 0.05) is 22.4 Å². The quantitative estimate of drug-likeness (QED) is 0.707. The number of methoxy groups -OCH3 is 1. The smallest absolute Gasteiger partial charge is 0.279 e. The van der Waals surface area contributed by atoms with Crippen LogP contribution in [-0.4, -0.2) is 20.5 Å². The molecule has 72 valence electrons. The van der Waals surface area contributed by atoms with E-state index in [4.69, 9.17) is 15.4 Å². The molecule has 13 heavy (non-hydrogen) atoms. The number of halogens is 1. The van der Waals surface area contributed by atoms with Crippen molar-refractivity contribution in [3.63, 3.8) is 0 Å². The van der Waals surface area contributed by atoms with Crippen molar-refractivity contribution in [2.75, 3.05) is 7.11 Å². The first kappa shape index (κ1) is 10.3. The molecule has 0 aliphatic rings. The Labute approximate surface area is 80.9 Å². The summed E-state index contributed by atoms with van der Waals surface area (Å²) in [6.07, 6.45) is 1.33. The van der Waals surface area contributed by atoms with E-state index in [1.165, 1.54) is 13.3 Å². The molecule has 1 aromatic rings. The topological polar surface area (TPSA) is 56.3 Å². The van der Waals surface area contributed by atoms with Crippen LogP contribution < -0.4 is 4.74 Å². The Morgan fingerprint density at radius 2 is 2.15 bits per heavy atom. The van der Waals surface area contributed by atoms with Gasteiger partial charge in [0.1, 0.15) is 5.75 Å². The summed E-state index contributed by atoms with van der Waals surface area (Å²) in [4.78, 5) is 3.66. The van der Waals surface area contributed by atoms with Crippen LogP contribution >= 0.6 is 10.7 Å². The number of pyridine rings is 1. The Balaban J connectivity index is 3.41. The first-order valence-corrected chi connectivity index (χ1v) is 5.72. The third kappa shape index (κ3) is 2.10. The van der Waals surface area contributed by atoms with E-state index in [-0.39, 0.29) is 5.03 Å². The molecule has 0 unspecified atom stereocenters. The summed E-state index contributed by atoms with van der Waals surface area (Å²) in [6, 6.07) is 1.57. The molecule has 0 amide bonds. The number of hydrogen-bond acceptors (Lipinski definition) is 4. The Morgan fingerprint density at radius 3 is 2.62 bits per heavy atom. The van der Waals surface area contributed by atoms with Gasteiger partial charge in [0.2, 0.25) is 0 Å². The summed E-state index contributed by atoms with van der Waals surface area (Å²) in [5, 5.41) is -0.159. The minimum atomic E-state index is -3.78. The predicted molar refractivity (Wildman–Crippen MR) is 48.6 cm³/mol. The highest BCUT2D eigenvalue weighted by molar-refractivity contribution is 8.13. The summed E-state index contributed by atoms with van der Waals surface area (Å²) >= 11 is 0. The summed E-state index contributed by atoms with van der Waals surface area (Å²) in [5.41, 5.74) is 0.417. The van der Waals surface area contributed by atoms with Gasteiger partial charge in [-0.2, -0.15) is 0 Å². The highest BCUT2D eigenvalue weighted by Crippen LogP contribution is 2.24. The molecule has 0 bridgehead atoms. The molecule has 0 aliphatic carbocycles. The monoisotopic (exact) mass is 221 g/mol. The van der Waals surface area contributed by atoms with Crippen LogP contribution in [0.25, 0.3) is 0 Å². The third-order valence-corrected chi connectivity index (χ3v) is 2.87. The zero-order valence-electron chi connectivity index (χ0n) is 7.11. The number of hydrogen-bond donors (Lipinski definition) is 0. The van der Waals surface area contributed by atoms with E-state index in [2.05, 4.69) is 4.98 Å². The highest BCUT2D eigenvalue weighted by atomic mass is 35.7. The Kier molecular flexibility index (Phi) is 2.77. The average molecular weight is 222 g/mol. The lowest BCUT2D eigenvalue weighted by Crippen LogP contribution is -2.00. The summed E-state index contributed by atoms with van der Waals surface area (Å²) in [5.74, 6) is 0.453. The molecule has 0 saturated carbocycles. The van der Waals surface area contributed by atoms with E-state index in [0.717, 1.165) is 0 Å². The van der Waals surface area contributed by atoms with Gasteiger partial charge in [0.05, 0.1) is 7.11 Å². The average Bonchev–Trinajstić information content (AvgIpc) is 2.02. The van der Waals surface area contributed by atoms with E-state index in [0.29, 0.717) is 11.3 Å². The normalized spacial score (nSPS) is 11.3. The Hall–Kier alpha value is -0.810. The van der Waals surface area contributed by atoms with Crippen LogP contribution in [0.3, 0.4) is 0 Å². The first-order valence-electron chi connectivity index (χ1n) is 3.41. The van der Waals surface area contributed by atoms with Crippen LogP contribution in [0.15, 0.2) is 17.3 Å². The molecule has 0 spiro atoms. The molecule has 0 fully saturated rings. The van der Waals surface area contributed by atoms with E-state index in [1.54, 1.807) is 13.0 Å². The van der Waals surface area contributed by atoms with Gasteiger partial charge in [-0.15, -0.1) is 0 Å². The molecular weight excluding hydrogens is 214 g/mol. The number of rotatable bonds is 2. The van der Waals surface area contributed by atoms with Crippen molar-refractivity contribution >= 4 is 19.7 Å². The molecule has 0 aliphatic heterocycles. The standard InChI is InChI=1S/C7H8ClNO3S/c1-5-6(12-2)3-4-9-7(5)13(8,10)11/h3-4H,1-2H3. The first-order chi connectivity index (χ1) is 5.96. The van der Waals surface area contributed by atoms with Gasteiger partial charge in [-0.1, -0.05) is 0 Å². The van der Waals surface area contributed by atoms with Crippen molar-refractivity contribution in [1.82, 2.24) is 4.98 Å². The highest BCUT2D eigenvalue weighted by Gasteiger charge is 2.17. The molecule has 0 radical (unpaired) electrons. The molecular formula is C7H8ClNO3S. The molecule has 1 aromatic heterocycles. The maximum Gasteiger partial charge on any atom is 0.279 e. The summed E-state index contributed by atoms with van der Waals surface area (Å²) in [7, 11) is 2.81. The zero-order valence-corrected chi connectivity index (χ0v) is 8.69. The van der Waals surface area contributed by atoms with Gasteiger partial charge >= 0.3 is 0 Å². The van der Waals surface area contributed by atoms with Gasteiger partial charge < -0.3 is 4.74 Å². The van der Waals surface area contributed by atoms with Crippen molar-refractivity contribution in [2.24, 2.45) is 0 Å². The van der Waals surface area contributed by atoms with Gasteiger partial charge in [0.15, 0.2) is 5.03 Å². The minimum absolute atomic E-state index is 0.159. The van der Waals surface area contributed by atoms with Gasteiger partial charge in [0.25, 0.3) is 9.05 Å². The maximum atomic E-state index is 11.0. The van der Waals surface area contributed by atoms with Crippen molar-refractivity contribution in [2.45, 2.75) is 11.9 Å². The molecule has 6 heteroatoms. The molecule has 1 heterocycles. The van der Waals surface area contributed by atoms with Gasteiger partial charge in [-0.25, -0.2) is 13.4 Å². The van der Waals surface area contributed by atoms with E-state index in [9.17, 15) is 8.42 Å². The van der Waals surface area contributed by atoms with Crippen molar-refractivity contribution in [3.05, 3.63) is 17.8 Å². The van der Waals surface area contributed by atoms with E-state index >= 15 is 0 Å². The molecule has 1 rings (SSSR count). The van der Waals surface area contributed by atoms with Crippen LogP contribution in [0.2, 0.25) is 0 Å². The summed E-state index contributed by atoms with van der Waals surface area (Å²) < 4.78 is 26.9. The Bertz CT molecular complexity index is 416. The number of aromatic nitrogens is 1. The van der Waals surface area contributed by atoms with E-state index in [1.807, 2.05) is 0 Å². The largest absolute Gasteiger partial charge is 0.496 e. The lowest BCUT2D eigenvalue weighted by atomic mass is 10.3. The predicted octanol–water partition coefficient (Wildman–Crippen LogP) is 1.33. The molecule has 0 aromatic carbocycles. The lowest BCUT2D eigenvalue weighted by molar-refractivity contribution is 0.408. The maximum absolute atomic E-state index is 11.0. The van der Waals surface area contributed by atoms with Crippen LogP contribution in [-0.2, 0) is 9.05 Å². The fourth-order valence-electron chi connectivity index (χ4n) is 0.967. The van der Waals surface area contributed by atoms with Crippen LogP contribution in [0.5, 0.6) is 5.75 Å². The lowest BCUT2D eigenvalue weighted by Gasteiger charge is -2.05. The van der Waals surface area contributed by atoms with Crippen molar-refractivity contribution < 1.29 is 13.2 Å². The minimum Gasteiger partial charge on any atom is -0.496 e. The summed E-state index contributed by atoms with van der Waals surface area (Å²) in [6.45, 7) is 1.58. The Morgan fingerprint density at radius 1 is 1.54 bits per heavy atom. The third-order valence-electron chi connectivity index (χ3n) is 1.56. The zero-order chi connectivity index (χ0) is 10.1. The van der Waals surface area contributed by atoms with Crippen LogP contribution in [0.1, 0.15) is 5.56 Å². The second-order valence-electron chi connectivity index (χ2n) is 2.38. The van der Waals surface area contributed by atoms with Gasteiger partial charge in [-0.05, 0) is 13.0 Å². The molecule has 0 N–H and O–H groups in total. The molecule has 0 atom stereocenters. The SMILES string of the molecule is COc1ccnc(S(=O)(=O)Cl)c1C. The second-order valence-corrected chi connectivity index (χ2v) is 4.86. The van der Waals surface area contributed by atoms with Gasteiger partial charge in [-0.3, -0.25) is 0 Å². The fourth-order valence-corrected chi connectivity index (χ4v) is 2.09. The second kappa shape index (κ2) is 3.51. The van der Waals surface area contributed by atoms with Crippen molar-refractivity contribution in [3.8, 4) is 5.75 Å². The fraction of sp³-hybridized carbons (Fsp3) is 0.286. The van der Waals surface area contributed by atoms with E-state index < -0.39 is 9.05 Å². The van der Waals surface area contributed by atoms with Crippen molar-refractivity contribution in [1.29, 1.82) is 0 Å².